The molecule has 9 heteroatoms. The van der Waals surface area contributed by atoms with Crippen LogP contribution in [0.25, 0.3) is 22.8 Å². The molecule has 33 heavy (non-hydrogen) atoms. The Balaban J connectivity index is 2.11. The second kappa shape index (κ2) is 9.31. The van der Waals surface area contributed by atoms with Crippen molar-refractivity contribution in [2.75, 3.05) is 7.11 Å². The Morgan fingerprint density at radius 3 is 2.27 bits per heavy atom. The Hall–Kier alpha value is -3.26. The van der Waals surface area contributed by atoms with Crippen molar-refractivity contribution in [3.8, 4) is 34.5 Å². The quantitative estimate of drug-likeness (QED) is 0.436. The summed E-state index contributed by atoms with van der Waals surface area (Å²) in [6, 6.07) is 11.2. The minimum atomic E-state index is -1.41. The number of esters is 1. The average molecular weight is 474 g/mol. The zero-order valence-corrected chi connectivity index (χ0v) is 20.0. The minimum Gasteiger partial charge on any atom is -0.496 e. The molecule has 174 valence electrons. The number of benzene rings is 2. The van der Waals surface area contributed by atoms with E-state index in [0.29, 0.717) is 16.9 Å². The summed E-state index contributed by atoms with van der Waals surface area (Å²) in [4.78, 5) is 25.9. The van der Waals surface area contributed by atoms with Crippen LogP contribution in [0, 0.1) is 5.82 Å². The van der Waals surface area contributed by atoms with Gasteiger partial charge in [-0.15, -0.1) is 0 Å². The number of methoxy groups -OCH3 is 1. The maximum absolute atomic E-state index is 14.1. The number of rotatable bonds is 6. The minimum absolute atomic E-state index is 0.0275. The molecule has 0 spiro atoms. The van der Waals surface area contributed by atoms with Gasteiger partial charge in [-0.1, -0.05) is 23.7 Å². The van der Waals surface area contributed by atoms with Crippen molar-refractivity contribution in [3.63, 3.8) is 0 Å². The molecule has 2 aromatic carbocycles. The Labute approximate surface area is 196 Å². The first-order valence-corrected chi connectivity index (χ1v) is 10.5. The van der Waals surface area contributed by atoms with Crippen LogP contribution in [0.3, 0.4) is 0 Å². The summed E-state index contributed by atoms with van der Waals surface area (Å²) in [6.45, 7) is 8.38. The van der Waals surface area contributed by atoms with Crippen LogP contribution in [-0.4, -0.2) is 39.2 Å². The smallest absolute Gasteiger partial charge is 0.350 e. The molecule has 0 aliphatic heterocycles. The predicted molar refractivity (Wildman–Crippen MR) is 123 cm³/mol. The number of aromatic nitrogens is 3. The summed E-state index contributed by atoms with van der Waals surface area (Å²) in [6.07, 6.45) is 0. The maximum atomic E-state index is 14.1. The fraction of sp³-hybridized carbons (Fsp3) is 0.333. The lowest BCUT2D eigenvalue weighted by atomic mass is 10.1. The Bertz CT molecular complexity index is 1180. The summed E-state index contributed by atoms with van der Waals surface area (Å²) in [5, 5.41) is -0.0275. The van der Waals surface area contributed by atoms with E-state index < -0.39 is 23.0 Å². The van der Waals surface area contributed by atoms with Gasteiger partial charge in [-0.3, -0.25) is 0 Å². The van der Waals surface area contributed by atoms with Gasteiger partial charge in [0.05, 0.1) is 17.7 Å². The third-order valence-electron chi connectivity index (χ3n) is 4.38. The molecular formula is C24H25ClFN3O4. The Morgan fingerprint density at radius 1 is 0.970 bits per heavy atom. The maximum Gasteiger partial charge on any atom is 0.350 e. The Kier molecular flexibility index (Phi) is 6.88. The second-order valence-electron chi connectivity index (χ2n) is 8.71. The highest BCUT2D eigenvalue weighted by Crippen LogP contribution is 2.31. The van der Waals surface area contributed by atoms with Crippen molar-refractivity contribution in [2.24, 2.45) is 0 Å². The van der Waals surface area contributed by atoms with Gasteiger partial charge in [0.2, 0.25) is 5.60 Å². The molecular weight excluding hydrogens is 449 g/mol. The fourth-order valence-corrected chi connectivity index (χ4v) is 2.90. The van der Waals surface area contributed by atoms with E-state index in [1.165, 1.54) is 19.2 Å². The van der Waals surface area contributed by atoms with Gasteiger partial charge >= 0.3 is 12.0 Å². The molecule has 0 amide bonds. The number of para-hydroxylation sites is 1. The number of carbonyl (C=O) groups is 1. The van der Waals surface area contributed by atoms with Crippen LogP contribution in [0.4, 0.5) is 4.39 Å². The first-order valence-electron chi connectivity index (χ1n) is 10.2. The molecule has 0 radical (unpaired) electrons. The van der Waals surface area contributed by atoms with E-state index >= 15 is 0 Å². The first kappa shape index (κ1) is 24.4. The van der Waals surface area contributed by atoms with Crippen molar-refractivity contribution < 1.29 is 23.4 Å². The van der Waals surface area contributed by atoms with E-state index in [0.717, 1.165) is 0 Å². The number of hydrogen-bond acceptors (Lipinski definition) is 7. The van der Waals surface area contributed by atoms with Crippen LogP contribution in [-0.2, 0) is 9.53 Å². The molecule has 0 saturated carbocycles. The lowest BCUT2D eigenvalue weighted by Crippen LogP contribution is -2.43. The van der Waals surface area contributed by atoms with Gasteiger partial charge in [0.1, 0.15) is 17.2 Å². The number of nitrogens with zero attached hydrogens (tertiary/aromatic N) is 3. The summed E-state index contributed by atoms with van der Waals surface area (Å²) in [5.74, 6) is -0.327. The molecule has 0 aliphatic carbocycles. The van der Waals surface area contributed by atoms with Crippen molar-refractivity contribution in [2.45, 2.75) is 45.8 Å². The molecule has 0 unspecified atom stereocenters. The summed E-state index contributed by atoms with van der Waals surface area (Å²) in [5.41, 5.74) is -1.19. The largest absolute Gasteiger partial charge is 0.496 e. The van der Waals surface area contributed by atoms with Crippen molar-refractivity contribution in [1.82, 2.24) is 15.0 Å². The van der Waals surface area contributed by atoms with Crippen LogP contribution in [0.2, 0.25) is 5.02 Å². The highest BCUT2D eigenvalue weighted by molar-refractivity contribution is 6.30. The van der Waals surface area contributed by atoms with Gasteiger partial charge in [-0.25, -0.2) is 14.2 Å². The van der Waals surface area contributed by atoms with E-state index in [2.05, 4.69) is 15.0 Å². The molecule has 3 aromatic rings. The number of halogens is 2. The van der Waals surface area contributed by atoms with Gasteiger partial charge in [-0.2, -0.15) is 9.97 Å². The lowest BCUT2D eigenvalue weighted by molar-refractivity contribution is -0.171. The molecule has 7 nitrogen and oxygen atoms in total. The van der Waals surface area contributed by atoms with Crippen LogP contribution in [0.1, 0.15) is 34.6 Å². The van der Waals surface area contributed by atoms with E-state index in [4.69, 9.17) is 25.8 Å². The molecule has 0 fully saturated rings. The lowest BCUT2D eigenvalue weighted by Gasteiger charge is -2.28. The molecule has 0 aliphatic rings. The topological polar surface area (TPSA) is 83.4 Å². The summed E-state index contributed by atoms with van der Waals surface area (Å²) < 4.78 is 30.9. The highest BCUT2D eigenvalue weighted by atomic mass is 35.5. The van der Waals surface area contributed by atoms with Crippen LogP contribution in [0.15, 0.2) is 42.5 Å². The molecule has 3 rings (SSSR count). The summed E-state index contributed by atoms with van der Waals surface area (Å²) >= 11 is 5.82. The van der Waals surface area contributed by atoms with Crippen molar-refractivity contribution >= 4 is 17.6 Å². The third-order valence-corrected chi connectivity index (χ3v) is 4.68. The molecule has 0 saturated heterocycles. The fourth-order valence-electron chi connectivity index (χ4n) is 2.79. The van der Waals surface area contributed by atoms with Gasteiger partial charge in [0, 0.05) is 5.56 Å². The summed E-state index contributed by atoms with van der Waals surface area (Å²) in [7, 11) is 1.53. The third kappa shape index (κ3) is 5.96. The van der Waals surface area contributed by atoms with Crippen molar-refractivity contribution in [3.05, 3.63) is 53.3 Å². The number of carbonyl (C=O) groups excluding carboxylic acids is 1. The normalized spacial score (nSPS) is 11.8. The molecule has 0 atom stereocenters. The molecule has 1 heterocycles. The van der Waals surface area contributed by atoms with Crippen LogP contribution < -0.4 is 9.47 Å². The average Bonchev–Trinajstić information content (AvgIpc) is 2.74. The number of hydrogen-bond donors (Lipinski definition) is 0. The second-order valence-corrected chi connectivity index (χ2v) is 9.12. The highest BCUT2D eigenvalue weighted by Gasteiger charge is 2.36. The molecule has 0 bridgehead atoms. The zero-order chi connectivity index (χ0) is 24.4. The van der Waals surface area contributed by atoms with E-state index in [1.807, 2.05) is 6.07 Å². The van der Waals surface area contributed by atoms with Gasteiger partial charge in [0.15, 0.2) is 11.6 Å². The van der Waals surface area contributed by atoms with Gasteiger partial charge < -0.3 is 14.2 Å². The van der Waals surface area contributed by atoms with E-state index in [9.17, 15) is 9.18 Å². The standard InChI is InChI=1S/C24H25ClFN3O4/c1-23(2,3)32-21(30)24(4,5)33-22-28-19(14-11-12-16(25)17(26)13-14)27-20(29-22)15-9-7-8-10-18(15)31-6/h7-13H,1-6H3. The zero-order valence-electron chi connectivity index (χ0n) is 19.3. The van der Waals surface area contributed by atoms with E-state index in [-0.39, 0.29) is 22.7 Å². The number of ether oxygens (including phenoxy) is 3. The molecule has 0 N–H and O–H groups in total. The monoisotopic (exact) mass is 473 g/mol. The predicted octanol–water partition coefficient (Wildman–Crippen LogP) is 5.51. The SMILES string of the molecule is COc1ccccc1-c1nc(OC(C)(C)C(=O)OC(C)(C)C)nc(-c2ccc(Cl)c(F)c2)n1. The van der Waals surface area contributed by atoms with E-state index in [1.54, 1.807) is 58.9 Å². The molecule has 1 aromatic heterocycles. The Morgan fingerprint density at radius 2 is 1.64 bits per heavy atom. The van der Waals surface area contributed by atoms with Crippen LogP contribution >= 0.6 is 11.6 Å². The van der Waals surface area contributed by atoms with Crippen molar-refractivity contribution in [1.29, 1.82) is 0 Å². The first-order chi connectivity index (χ1) is 15.4. The van der Waals surface area contributed by atoms with Gasteiger partial charge in [0.25, 0.3) is 0 Å². The van der Waals surface area contributed by atoms with Gasteiger partial charge in [-0.05, 0) is 65.0 Å². The van der Waals surface area contributed by atoms with Crippen LogP contribution in [0.5, 0.6) is 11.8 Å².